The van der Waals surface area contributed by atoms with Gasteiger partial charge in [0.1, 0.15) is 0 Å². The summed E-state index contributed by atoms with van der Waals surface area (Å²) in [5.41, 5.74) is 6.69. The number of anilines is 1. The van der Waals surface area contributed by atoms with Crippen molar-refractivity contribution in [2.45, 2.75) is 102 Å². The molecule has 1 aromatic heterocycles. The van der Waals surface area contributed by atoms with Gasteiger partial charge in [-0.2, -0.15) is 0 Å². The molecule has 1 saturated heterocycles. The second-order valence-corrected chi connectivity index (χ2v) is 14.0. The zero-order chi connectivity index (χ0) is 28.6. The Balaban J connectivity index is 1.22. The molecule has 5 nitrogen and oxygen atoms in total. The van der Waals surface area contributed by atoms with Crippen molar-refractivity contribution in [3.8, 4) is 11.3 Å². The molecule has 0 spiro atoms. The highest BCUT2D eigenvalue weighted by Gasteiger charge is 2.32. The van der Waals surface area contributed by atoms with Crippen LogP contribution in [0, 0.1) is 5.92 Å². The fourth-order valence-electron chi connectivity index (χ4n) is 8.83. The summed E-state index contributed by atoms with van der Waals surface area (Å²) in [6, 6.07) is 13.1. The standard InChI is InChI=1S/C36H46ClN3O2/c37-28-14-16-31-32(23-28)38(19-17-25-8-7-18-39(24-25)29-11-5-2-6-12-29)20-21-40-33-22-27(36(41)42)13-15-30(33)34(35(31)40)26-9-3-1-4-10-26/h13-16,22-23,25-26,29H,1-12,17-21,24H2,(H,41,42). The van der Waals surface area contributed by atoms with Gasteiger partial charge in [-0.15, -0.1) is 0 Å². The molecule has 2 aromatic carbocycles. The third-order valence-electron chi connectivity index (χ3n) is 11.0. The SMILES string of the molecule is O=C(O)c1ccc2c(C3CCCCC3)c3n(c2c1)CCN(CCC1CCCN(C2CCCCC2)C1)c1cc(Cl)ccc1-3. The summed E-state index contributed by atoms with van der Waals surface area (Å²) < 4.78 is 2.45. The number of hydrogen-bond donors (Lipinski definition) is 1. The number of halogens is 1. The van der Waals surface area contributed by atoms with Gasteiger partial charge in [-0.25, -0.2) is 4.79 Å². The number of carbonyl (C=O) groups is 1. The van der Waals surface area contributed by atoms with E-state index in [1.807, 2.05) is 12.1 Å². The van der Waals surface area contributed by atoms with Gasteiger partial charge in [-0.1, -0.05) is 56.2 Å². The van der Waals surface area contributed by atoms with Crippen LogP contribution in [0.2, 0.25) is 5.02 Å². The van der Waals surface area contributed by atoms with E-state index in [1.54, 1.807) is 6.07 Å². The summed E-state index contributed by atoms with van der Waals surface area (Å²) in [5, 5.41) is 11.9. The van der Waals surface area contributed by atoms with Gasteiger partial charge < -0.3 is 19.5 Å². The van der Waals surface area contributed by atoms with Crippen molar-refractivity contribution < 1.29 is 9.90 Å². The molecule has 1 N–H and O–H groups in total. The summed E-state index contributed by atoms with van der Waals surface area (Å²) >= 11 is 6.69. The largest absolute Gasteiger partial charge is 0.478 e. The molecule has 2 aliphatic heterocycles. The Morgan fingerprint density at radius 1 is 0.857 bits per heavy atom. The fraction of sp³-hybridized carbons (Fsp3) is 0.583. The predicted molar refractivity (Wildman–Crippen MR) is 173 cm³/mol. The van der Waals surface area contributed by atoms with E-state index in [0.29, 0.717) is 11.5 Å². The molecule has 6 heteroatoms. The van der Waals surface area contributed by atoms with E-state index in [4.69, 9.17) is 11.6 Å². The normalized spacial score (nSPS) is 22.6. The number of likely N-dealkylation sites (tertiary alicyclic amines) is 1. The Labute approximate surface area is 255 Å². The number of aromatic carboxylic acids is 1. The third-order valence-corrected chi connectivity index (χ3v) is 11.2. The molecule has 0 radical (unpaired) electrons. The van der Waals surface area contributed by atoms with Gasteiger partial charge >= 0.3 is 5.97 Å². The molecule has 2 saturated carbocycles. The van der Waals surface area contributed by atoms with Crippen molar-refractivity contribution in [3.05, 3.63) is 52.5 Å². The first kappa shape index (κ1) is 28.3. The number of carboxylic acids is 1. The van der Waals surface area contributed by atoms with Crippen molar-refractivity contribution >= 4 is 34.2 Å². The van der Waals surface area contributed by atoms with Crippen LogP contribution in [0.25, 0.3) is 22.2 Å². The first-order chi connectivity index (χ1) is 20.6. The van der Waals surface area contributed by atoms with E-state index in [0.717, 1.165) is 42.1 Å². The van der Waals surface area contributed by atoms with Crippen LogP contribution in [0.15, 0.2) is 36.4 Å². The number of piperidine rings is 1. The monoisotopic (exact) mass is 587 g/mol. The van der Waals surface area contributed by atoms with Crippen molar-refractivity contribution in [2.75, 3.05) is 31.1 Å². The summed E-state index contributed by atoms with van der Waals surface area (Å²) in [7, 11) is 0. The van der Waals surface area contributed by atoms with Crippen LogP contribution in [0.1, 0.15) is 105 Å². The van der Waals surface area contributed by atoms with Crippen molar-refractivity contribution in [1.82, 2.24) is 9.47 Å². The smallest absolute Gasteiger partial charge is 0.335 e. The Morgan fingerprint density at radius 3 is 2.43 bits per heavy atom. The zero-order valence-electron chi connectivity index (χ0n) is 25.0. The first-order valence-corrected chi connectivity index (χ1v) is 17.1. The zero-order valence-corrected chi connectivity index (χ0v) is 25.8. The van der Waals surface area contributed by atoms with Gasteiger partial charge in [-0.3, -0.25) is 0 Å². The highest BCUT2D eigenvalue weighted by molar-refractivity contribution is 6.31. The maximum absolute atomic E-state index is 12.0. The van der Waals surface area contributed by atoms with Crippen LogP contribution in [-0.4, -0.2) is 52.8 Å². The van der Waals surface area contributed by atoms with E-state index in [9.17, 15) is 9.90 Å². The van der Waals surface area contributed by atoms with Crippen molar-refractivity contribution in [2.24, 2.45) is 5.92 Å². The van der Waals surface area contributed by atoms with Crippen LogP contribution < -0.4 is 4.90 Å². The quantitative estimate of drug-likeness (QED) is 0.313. The molecule has 3 heterocycles. The minimum Gasteiger partial charge on any atom is -0.478 e. The van der Waals surface area contributed by atoms with Crippen LogP contribution in [0.3, 0.4) is 0 Å². The molecular weight excluding hydrogens is 542 g/mol. The van der Waals surface area contributed by atoms with E-state index >= 15 is 0 Å². The molecule has 0 amide bonds. The van der Waals surface area contributed by atoms with Crippen LogP contribution in [-0.2, 0) is 6.54 Å². The van der Waals surface area contributed by atoms with Gasteiger partial charge in [0.15, 0.2) is 0 Å². The number of hydrogen-bond acceptors (Lipinski definition) is 3. The minimum absolute atomic E-state index is 0.371. The molecule has 0 bridgehead atoms. The van der Waals surface area contributed by atoms with Crippen LogP contribution in [0.4, 0.5) is 5.69 Å². The summed E-state index contributed by atoms with van der Waals surface area (Å²) in [6.07, 6.45) is 17.2. The Morgan fingerprint density at radius 2 is 1.64 bits per heavy atom. The second kappa shape index (κ2) is 12.2. The molecule has 3 fully saturated rings. The van der Waals surface area contributed by atoms with Gasteiger partial charge in [0, 0.05) is 59.4 Å². The molecule has 7 rings (SSSR count). The number of carboxylic acid groups (broad SMARTS) is 1. The number of nitrogens with zero attached hydrogens (tertiary/aromatic N) is 3. The maximum Gasteiger partial charge on any atom is 0.335 e. The van der Waals surface area contributed by atoms with Crippen LogP contribution in [0.5, 0.6) is 0 Å². The molecule has 3 aromatic rings. The lowest BCUT2D eigenvalue weighted by Crippen LogP contribution is -2.44. The van der Waals surface area contributed by atoms with Gasteiger partial charge in [0.05, 0.1) is 11.3 Å². The maximum atomic E-state index is 12.0. The highest BCUT2D eigenvalue weighted by atomic mass is 35.5. The molecule has 224 valence electrons. The van der Waals surface area contributed by atoms with Gasteiger partial charge in [0.25, 0.3) is 0 Å². The van der Waals surface area contributed by atoms with Crippen LogP contribution >= 0.6 is 11.6 Å². The van der Waals surface area contributed by atoms with Gasteiger partial charge in [-0.05, 0) is 99.2 Å². The van der Waals surface area contributed by atoms with E-state index in [-0.39, 0.29) is 0 Å². The topological polar surface area (TPSA) is 48.7 Å². The third kappa shape index (κ3) is 5.48. The average Bonchev–Trinajstić information content (AvgIpc) is 3.26. The van der Waals surface area contributed by atoms with Crippen molar-refractivity contribution in [3.63, 3.8) is 0 Å². The Kier molecular flexibility index (Phi) is 8.24. The molecule has 1 unspecified atom stereocenters. The predicted octanol–water partition coefficient (Wildman–Crippen LogP) is 8.96. The minimum atomic E-state index is -0.858. The molecular formula is C36H46ClN3O2. The summed E-state index contributed by atoms with van der Waals surface area (Å²) in [6.45, 7) is 5.35. The summed E-state index contributed by atoms with van der Waals surface area (Å²) in [5.74, 6) is 0.405. The number of rotatable bonds is 6. The molecule has 42 heavy (non-hydrogen) atoms. The second-order valence-electron chi connectivity index (χ2n) is 13.5. The Bertz CT molecular complexity index is 1440. The Hall–Kier alpha value is -2.50. The molecule has 2 aliphatic carbocycles. The highest BCUT2D eigenvalue weighted by Crippen LogP contribution is 2.48. The lowest BCUT2D eigenvalue weighted by Gasteiger charge is -2.40. The number of aromatic nitrogens is 1. The molecule has 1 atom stereocenters. The van der Waals surface area contributed by atoms with E-state index in [1.165, 1.54) is 124 Å². The van der Waals surface area contributed by atoms with E-state index < -0.39 is 5.97 Å². The van der Waals surface area contributed by atoms with Gasteiger partial charge in [0.2, 0.25) is 0 Å². The lowest BCUT2D eigenvalue weighted by atomic mass is 9.81. The fourth-order valence-corrected chi connectivity index (χ4v) is 8.99. The first-order valence-electron chi connectivity index (χ1n) is 16.7. The van der Waals surface area contributed by atoms with E-state index in [2.05, 4.69) is 32.6 Å². The number of benzene rings is 2. The van der Waals surface area contributed by atoms with Crippen molar-refractivity contribution in [1.29, 1.82) is 0 Å². The molecule has 4 aliphatic rings. The number of fused-ring (bicyclic) bond motifs is 5. The average molecular weight is 588 g/mol. The lowest BCUT2D eigenvalue weighted by molar-refractivity contribution is 0.0697. The summed E-state index contributed by atoms with van der Waals surface area (Å²) in [4.78, 5) is 17.4.